The number of benzene rings is 2. The SMILES string of the molecule is Cc1c(/C=C/CC(=O)c2ccc3c(ccn3C)c2)c(=O)[nH]c2ccccc12. The van der Waals surface area contributed by atoms with Crippen LogP contribution in [-0.2, 0) is 7.05 Å². The molecule has 0 bridgehead atoms. The number of carbonyl (C=O) groups is 1. The number of aromatic amines is 1. The van der Waals surface area contributed by atoms with Crippen molar-refractivity contribution in [1.29, 1.82) is 0 Å². The van der Waals surface area contributed by atoms with E-state index in [1.165, 1.54) is 0 Å². The summed E-state index contributed by atoms with van der Waals surface area (Å²) in [5.41, 5.74) is 3.98. The molecule has 0 atom stereocenters. The Morgan fingerprint density at radius 3 is 2.81 bits per heavy atom. The van der Waals surface area contributed by atoms with Crippen LogP contribution in [0.1, 0.15) is 27.9 Å². The Kier molecular flexibility index (Phi) is 4.24. The Morgan fingerprint density at radius 1 is 1.15 bits per heavy atom. The fourth-order valence-electron chi connectivity index (χ4n) is 3.48. The van der Waals surface area contributed by atoms with E-state index in [0.29, 0.717) is 11.1 Å². The van der Waals surface area contributed by atoms with E-state index in [9.17, 15) is 9.59 Å². The molecule has 0 radical (unpaired) electrons. The molecule has 0 fully saturated rings. The van der Waals surface area contributed by atoms with Crippen LogP contribution in [-0.4, -0.2) is 15.3 Å². The molecule has 2 aromatic carbocycles. The first kappa shape index (κ1) is 17.0. The maximum atomic E-state index is 12.5. The van der Waals surface area contributed by atoms with Crippen molar-refractivity contribution in [2.45, 2.75) is 13.3 Å². The number of para-hydroxylation sites is 1. The third-order valence-corrected chi connectivity index (χ3v) is 5.02. The molecule has 0 aliphatic heterocycles. The van der Waals surface area contributed by atoms with Gasteiger partial charge in [-0.1, -0.05) is 30.4 Å². The fourth-order valence-corrected chi connectivity index (χ4v) is 3.48. The molecule has 4 nitrogen and oxygen atoms in total. The number of aromatic nitrogens is 2. The Hall–Kier alpha value is -3.40. The van der Waals surface area contributed by atoms with Crippen LogP contribution in [0.2, 0.25) is 0 Å². The maximum absolute atomic E-state index is 12.5. The van der Waals surface area contributed by atoms with Gasteiger partial charge in [-0.2, -0.15) is 0 Å². The third-order valence-electron chi connectivity index (χ3n) is 5.02. The number of aryl methyl sites for hydroxylation is 2. The van der Waals surface area contributed by atoms with E-state index in [2.05, 4.69) is 4.98 Å². The molecule has 4 heteroatoms. The molecule has 134 valence electrons. The number of H-pyrrole nitrogens is 1. The van der Waals surface area contributed by atoms with E-state index < -0.39 is 0 Å². The average Bonchev–Trinajstić information content (AvgIpc) is 3.04. The van der Waals surface area contributed by atoms with Gasteiger partial charge >= 0.3 is 0 Å². The zero-order valence-electron chi connectivity index (χ0n) is 15.3. The molecule has 1 N–H and O–H groups in total. The molecule has 0 saturated carbocycles. The summed E-state index contributed by atoms with van der Waals surface area (Å²) in [6, 6.07) is 15.5. The molecular formula is C23H20N2O2. The van der Waals surface area contributed by atoms with Gasteiger partial charge in [-0.3, -0.25) is 9.59 Å². The molecule has 2 aromatic heterocycles. The zero-order chi connectivity index (χ0) is 19.0. The van der Waals surface area contributed by atoms with Gasteiger partial charge in [0.05, 0.1) is 0 Å². The number of ketones is 1. The average molecular weight is 356 g/mol. The van der Waals surface area contributed by atoms with Crippen LogP contribution < -0.4 is 5.56 Å². The summed E-state index contributed by atoms with van der Waals surface area (Å²) in [6.45, 7) is 1.93. The van der Waals surface area contributed by atoms with Crippen molar-refractivity contribution in [1.82, 2.24) is 9.55 Å². The van der Waals surface area contributed by atoms with Gasteiger partial charge in [0.25, 0.3) is 5.56 Å². The summed E-state index contributed by atoms with van der Waals surface area (Å²) in [6.07, 6.45) is 5.75. The molecule has 0 aliphatic carbocycles. The zero-order valence-corrected chi connectivity index (χ0v) is 15.3. The van der Waals surface area contributed by atoms with Crippen molar-refractivity contribution < 1.29 is 4.79 Å². The fraction of sp³-hybridized carbons (Fsp3) is 0.130. The van der Waals surface area contributed by atoms with Crippen LogP contribution in [0.15, 0.2) is 65.6 Å². The first-order valence-electron chi connectivity index (χ1n) is 8.91. The second-order valence-corrected chi connectivity index (χ2v) is 6.77. The van der Waals surface area contributed by atoms with Gasteiger partial charge in [0.15, 0.2) is 5.78 Å². The van der Waals surface area contributed by atoms with Crippen molar-refractivity contribution >= 4 is 33.7 Å². The Morgan fingerprint density at radius 2 is 1.96 bits per heavy atom. The van der Waals surface area contributed by atoms with Crippen LogP contribution in [0, 0.1) is 6.92 Å². The molecule has 0 aliphatic rings. The lowest BCUT2D eigenvalue weighted by Gasteiger charge is -2.05. The lowest BCUT2D eigenvalue weighted by atomic mass is 10.0. The predicted octanol–water partition coefficient (Wildman–Crippen LogP) is 4.61. The number of hydrogen-bond donors (Lipinski definition) is 1. The highest BCUT2D eigenvalue weighted by Crippen LogP contribution is 2.19. The summed E-state index contributed by atoms with van der Waals surface area (Å²) < 4.78 is 2.03. The topological polar surface area (TPSA) is 54.9 Å². The summed E-state index contributed by atoms with van der Waals surface area (Å²) in [7, 11) is 1.98. The molecule has 4 aromatic rings. The van der Waals surface area contributed by atoms with E-state index in [-0.39, 0.29) is 17.8 Å². The predicted molar refractivity (Wildman–Crippen MR) is 110 cm³/mol. The molecule has 4 rings (SSSR count). The molecular weight excluding hydrogens is 336 g/mol. The Labute approximate surface area is 156 Å². The van der Waals surface area contributed by atoms with Gasteiger partial charge in [-0.05, 0) is 42.8 Å². The third kappa shape index (κ3) is 3.10. The van der Waals surface area contributed by atoms with Gasteiger partial charge in [0, 0.05) is 52.6 Å². The minimum atomic E-state index is -0.138. The van der Waals surface area contributed by atoms with Crippen LogP contribution in [0.4, 0.5) is 0 Å². The lowest BCUT2D eigenvalue weighted by Crippen LogP contribution is -2.11. The minimum Gasteiger partial charge on any atom is -0.351 e. The summed E-state index contributed by atoms with van der Waals surface area (Å²) in [4.78, 5) is 27.8. The summed E-state index contributed by atoms with van der Waals surface area (Å²) in [5.74, 6) is 0.0341. The molecule has 0 saturated heterocycles. The van der Waals surface area contributed by atoms with Crippen molar-refractivity contribution in [3.8, 4) is 0 Å². The first-order valence-corrected chi connectivity index (χ1v) is 8.91. The van der Waals surface area contributed by atoms with Crippen molar-refractivity contribution in [2.75, 3.05) is 0 Å². The monoisotopic (exact) mass is 356 g/mol. The van der Waals surface area contributed by atoms with Crippen molar-refractivity contribution in [3.05, 3.63) is 87.8 Å². The van der Waals surface area contributed by atoms with Crippen LogP contribution in [0.5, 0.6) is 0 Å². The van der Waals surface area contributed by atoms with E-state index in [4.69, 9.17) is 0 Å². The number of nitrogens with zero attached hydrogens (tertiary/aromatic N) is 1. The molecule has 0 spiro atoms. The van der Waals surface area contributed by atoms with Gasteiger partial charge in [-0.15, -0.1) is 0 Å². The number of pyridine rings is 1. The number of carbonyl (C=O) groups excluding carboxylic acids is 1. The standard InChI is InChI=1S/C23H20N2O2/c1-15-18-6-3-4-8-20(18)24-23(27)19(15)7-5-9-22(26)17-10-11-21-16(14-17)12-13-25(21)2/h3-8,10-14H,9H2,1-2H3,(H,24,27)/b7-5+. The highest BCUT2D eigenvalue weighted by Gasteiger charge is 2.08. The molecule has 0 unspecified atom stereocenters. The van der Waals surface area contributed by atoms with Crippen LogP contribution in [0.3, 0.4) is 0 Å². The second-order valence-electron chi connectivity index (χ2n) is 6.77. The van der Waals surface area contributed by atoms with Crippen LogP contribution in [0.25, 0.3) is 27.9 Å². The van der Waals surface area contributed by atoms with Crippen molar-refractivity contribution in [2.24, 2.45) is 7.05 Å². The van der Waals surface area contributed by atoms with Gasteiger partial charge in [0.1, 0.15) is 0 Å². The Bertz CT molecular complexity index is 1260. The van der Waals surface area contributed by atoms with Crippen LogP contribution >= 0.6 is 0 Å². The maximum Gasteiger partial charge on any atom is 0.255 e. The number of allylic oxidation sites excluding steroid dienone is 1. The number of hydrogen-bond acceptors (Lipinski definition) is 2. The quantitative estimate of drug-likeness (QED) is 0.543. The number of nitrogens with one attached hydrogen (secondary N) is 1. The van der Waals surface area contributed by atoms with Gasteiger partial charge in [0.2, 0.25) is 0 Å². The van der Waals surface area contributed by atoms with Gasteiger partial charge < -0.3 is 9.55 Å². The molecule has 2 heterocycles. The summed E-state index contributed by atoms with van der Waals surface area (Å²) in [5, 5.41) is 2.06. The van der Waals surface area contributed by atoms with E-state index in [1.807, 2.05) is 73.3 Å². The molecule has 0 amide bonds. The smallest absolute Gasteiger partial charge is 0.255 e. The van der Waals surface area contributed by atoms with Crippen molar-refractivity contribution in [3.63, 3.8) is 0 Å². The highest BCUT2D eigenvalue weighted by molar-refractivity contribution is 6.00. The molecule has 27 heavy (non-hydrogen) atoms. The number of Topliss-reactive ketones (excluding diaryl/α,β-unsaturated/α-hetero) is 1. The van der Waals surface area contributed by atoms with E-state index in [1.54, 1.807) is 12.2 Å². The van der Waals surface area contributed by atoms with E-state index in [0.717, 1.165) is 27.4 Å². The van der Waals surface area contributed by atoms with Gasteiger partial charge in [-0.25, -0.2) is 0 Å². The summed E-state index contributed by atoms with van der Waals surface area (Å²) >= 11 is 0. The minimum absolute atomic E-state index is 0.0341. The first-order chi connectivity index (χ1) is 13.0. The number of fused-ring (bicyclic) bond motifs is 2. The normalized spacial score (nSPS) is 11.6. The lowest BCUT2D eigenvalue weighted by molar-refractivity contribution is 0.0996. The largest absolute Gasteiger partial charge is 0.351 e. The number of rotatable bonds is 4. The second kappa shape index (κ2) is 6.72. The Balaban J connectivity index is 1.59. The highest BCUT2D eigenvalue weighted by atomic mass is 16.1. The van der Waals surface area contributed by atoms with E-state index >= 15 is 0 Å².